The maximum absolute atomic E-state index is 11.9. The average Bonchev–Trinajstić information content (AvgIpc) is 3.07. The fourth-order valence-corrected chi connectivity index (χ4v) is 3.51. The Hall–Kier alpha value is -2.78. The van der Waals surface area contributed by atoms with Crippen molar-refractivity contribution in [3.63, 3.8) is 0 Å². The minimum atomic E-state index is -0.928. The second-order valence-electron chi connectivity index (χ2n) is 7.38. The molecule has 8 nitrogen and oxygen atoms in total. The van der Waals surface area contributed by atoms with E-state index in [0.29, 0.717) is 29.7 Å². The van der Waals surface area contributed by atoms with E-state index in [2.05, 4.69) is 17.3 Å². The fraction of sp³-hybridized carbons (Fsp3) is 0.368. The molecule has 3 heterocycles. The monoisotopic (exact) mass is 382 g/mol. The van der Waals surface area contributed by atoms with E-state index in [0.717, 1.165) is 29.8 Å². The first-order chi connectivity index (χ1) is 13.4. The highest BCUT2D eigenvalue weighted by molar-refractivity contribution is 6.54. The number of aromatic nitrogens is 2. The number of hydrogen-bond acceptors (Lipinski definition) is 6. The van der Waals surface area contributed by atoms with Crippen LogP contribution in [0.2, 0.25) is 0 Å². The molecule has 1 saturated heterocycles. The van der Waals surface area contributed by atoms with Crippen molar-refractivity contribution in [2.75, 3.05) is 18.5 Å². The molecule has 1 fully saturated rings. The van der Waals surface area contributed by atoms with Gasteiger partial charge in [0.25, 0.3) is 5.91 Å². The van der Waals surface area contributed by atoms with Gasteiger partial charge in [-0.3, -0.25) is 9.48 Å². The summed E-state index contributed by atoms with van der Waals surface area (Å²) in [6, 6.07) is 5.50. The lowest BCUT2D eigenvalue weighted by Crippen LogP contribution is -2.28. The van der Waals surface area contributed by atoms with Crippen molar-refractivity contribution in [1.82, 2.24) is 9.78 Å². The van der Waals surface area contributed by atoms with E-state index in [4.69, 9.17) is 15.1 Å². The van der Waals surface area contributed by atoms with Crippen LogP contribution in [-0.4, -0.2) is 41.0 Å². The van der Waals surface area contributed by atoms with Gasteiger partial charge in [-0.05, 0) is 42.9 Å². The summed E-state index contributed by atoms with van der Waals surface area (Å²) in [4.78, 5) is 11.9. The Kier molecular flexibility index (Phi) is 4.86. The maximum atomic E-state index is 11.9. The van der Waals surface area contributed by atoms with Gasteiger partial charge in [-0.2, -0.15) is 5.10 Å². The number of nitrogens with one attached hydrogen (secondary N) is 1. The van der Waals surface area contributed by atoms with Crippen LogP contribution in [0.25, 0.3) is 6.08 Å². The van der Waals surface area contributed by atoms with Gasteiger partial charge >= 0.3 is 7.12 Å². The Morgan fingerprint density at radius 3 is 3.04 bits per heavy atom. The fourth-order valence-electron chi connectivity index (χ4n) is 3.51. The van der Waals surface area contributed by atoms with Crippen LogP contribution >= 0.6 is 0 Å². The van der Waals surface area contributed by atoms with Gasteiger partial charge in [0.05, 0.1) is 12.6 Å². The van der Waals surface area contributed by atoms with E-state index in [-0.39, 0.29) is 6.04 Å². The summed E-state index contributed by atoms with van der Waals surface area (Å²) in [5, 5.41) is 17.6. The van der Waals surface area contributed by atoms with Crippen LogP contribution in [-0.2, 0) is 4.74 Å². The van der Waals surface area contributed by atoms with Crippen LogP contribution < -0.4 is 15.7 Å². The molecule has 0 bridgehead atoms. The molecule has 9 heteroatoms. The van der Waals surface area contributed by atoms with Gasteiger partial charge in [0, 0.05) is 24.1 Å². The molecule has 1 aromatic carbocycles. The van der Waals surface area contributed by atoms with E-state index in [1.165, 1.54) is 0 Å². The third-order valence-corrected chi connectivity index (χ3v) is 5.28. The number of allylic oxidation sites excluding steroid dienone is 1. The molecule has 4 rings (SSSR count). The number of hydrogen-bond donors (Lipinski definition) is 3. The van der Waals surface area contributed by atoms with Crippen molar-refractivity contribution in [3.05, 3.63) is 41.0 Å². The Labute approximate surface area is 163 Å². The van der Waals surface area contributed by atoms with Crippen molar-refractivity contribution >= 4 is 30.6 Å². The number of anilines is 2. The number of nitrogens with two attached hydrogens (primary N) is 1. The molecule has 28 heavy (non-hydrogen) atoms. The second-order valence-corrected chi connectivity index (χ2v) is 7.38. The standard InChI is InChI=1S/C19H23BN4O4/c1-11-5-6-27-10-16(11)24-9-15(18(21)25)19(23-24)22-14-3-4-17-13(8-14)7-12(2)20(26)28-17/h3-4,7-9,11,16,26H,5-6,10H2,1-2H3,(H2,21,25)(H,22,23)/t11-,16?/m0/s1. The topological polar surface area (TPSA) is 112 Å². The lowest BCUT2D eigenvalue weighted by atomic mass is 9.76. The van der Waals surface area contributed by atoms with Crippen LogP contribution in [0.5, 0.6) is 5.75 Å². The summed E-state index contributed by atoms with van der Waals surface area (Å²) >= 11 is 0. The van der Waals surface area contributed by atoms with Gasteiger partial charge in [-0.1, -0.05) is 13.0 Å². The largest absolute Gasteiger partial charge is 0.555 e. The zero-order valence-electron chi connectivity index (χ0n) is 15.9. The van der Waals surface area contributed by atoms with Gasteiger partial charge in [-0.25, -0.2) is 0 Å². The SMILES string of the molecule is CC1=Cc2cc(Nc3nn(C4COCC[C@@H]4C)cc3C(N)=O)ccc2OB1O. The van der Waals surface area contributed by atoms with Crippen molar-refractivity contribution in [2.45, 2.75) is 26.3 Å². The highest BCUT2D eigenvalue weighted by Crippen LogP contribution is 2.32. The van der Waals surface area contributed by atoms with Gasteiger partial charge in [0.1, 0.15) is 11.3 Å². The summed E-state index contributed by atoms with van der Waals surface area (Å²) < 4.78 is 12.8. The smallest absolute Gasteiger partial charge is 0.532 e. The van der Waals surface area contributed by atoms with E-state index in [9.17, 15) is 9.82 Å². The summed E-state index contributed by atoms with van der Waals surface area (Å²) in [5.41, 5.74) is 8.19. The molecule has 0 aliphatic carbocycles. The molecule has 2 aromatic rings. The second kappa shape index (κ2) is 7.33. The molecule has 2 aliphatic rings. The van der Waals surface area contributed by atoms with Crippen molar-refractivity contribution in [2.24, 2.45) is 11.7 Å². The lowest BCUT2D eigenvalue weighted by molar-refractivity contribution is 0.0238. The molecule has 0 spiro atoms. The number of carbonyl (C=O) groups excluding carboxylic acids is 1. The molecule has 146 valence electrons. The predicted octanol–water partition coefficient (Wildman–Crippen LogP) is 2.14. The molecule has 1 amide bonds. The van der Waals surface area contributed by atoms with Gasteiger partial charge in [-0.15, -0.1) is 0 Å². The number of benzene rings is 1. The number of rotatable bonds is 4. The van der Waals surface area contributed by atoms with Crippen LogP contribution in [0.1, 0.15) is 42.2 Å². The number of amides is 1. The Balaban J connectivity index is 1.63. The van der Waals surface area contributed by atoms with Crippen LogP contribution in [0, 0.1) is 5.92 Å². The van der Waals surface area contributed by atoms with Crippen molar-refractivity contribution in [1.29, 1.82) is 0 Å². The highest BCUT2D eigenvalue weighted by Gasteiger charge is 2.27. The molecule has 0 radical (unpaired) electrons. The zero-order chi connectivity index (χ0) is 19.8. The summed E-state index contributed by atoms with van der Waals surface area (Å²) in [6.07, 6.45) is 4.49. The number of fused-ring (bicyclic) bond motifs is 1. The maximum Gasteiger partial charge on any atom is 0.555 e. The molecule has 0 saturated carbocycles. The first kappa shape index (κ1) is 18.6. The van der Waals surface area contributed by atoms with E-state index >= 15 is 0 Å². The predicted molar refractivity (Wildman–Crippen MR) is 106 cm³/mol. The quantitative estimate of drug-likeness (QED) is 0.699. The molecule has 2 atom stereocenters. The number of ether oxygens (including phenoxy) is 1. The van der Waals surface area contributed by atoms with Crippen molar-refractivity contribution in [3.8, 4) is 5.75 Å². The van der Waals surface area contributed by atoms with Gasteiger partial charge < -0.3 is 25.5 Å². The third kappa shape index (κ3) is 3.50. The molecule has 4 N–H and O–H groups in total. The average molecular weight is 382 g/mol. The highest BCUT2D eigenvalue weighted by atomic mass is 16.5. The number of carbonyl (C=O) groups is 1. The Bertz CT molecular complexity index is 942. The Morgan fingerprint density at radius 1 is 1.46 bits per heavy atom. The lowest BCUT2D eigenvalue weighted by Gasteiger charge is -2.28. The number of primary amides is 1. The van der Waals surface area contributed by atoms with Crippen LogP contribution in [0.15, 0.2) is 29.9 Å². The molecule has 1 unspecified atom stereocenters. The Morgan fingerprint density at radius 2 is 2.29 bits per heavy atom. The normalized spacial score (nSPS) is 21.5. The summed E-state index contributed by atoms with van der Waals surface area (Å²) in [5.74, 6) is 0.848. The molecular formula is C19H23BN4O4. The van der Waals surface area contributed by atoms with Crippen molar-refractivity contribution < 1.29 is 19.2 Å². The summed E-state index contributed by atoms with van der Waals surface area (Å²) in [7, 11) is -0.928. The first-order valence-corrected chi connectivity index (χ1v) is 9.33. The zero-order valence-corrected chi connectivity index (χ0v) is 15.9. The molecular weight excluding hydrogens is 359 g/mol. The molecule has 1 aromatic heterocycles. The minimum absolute atomic E-state index is 0.0615. The van der Waals surface area contributed by atoms with E-state index < -0.39 is 13.0 Å². The van der Waals surface area contributed by atoms with Gasteiger partial charge in [0.2, 0.25) is 0 Å². The third-order valence-electron chi connectivity index (χ3n) is 5.28. The minimum Gasteiger partial charge on any atom is -0.532 e. The van der Waals surface area contributed by atoms with Crippen LogP contribution in [0.3, 0.4) is 0 Å². The molecule has 2 aliphatic heterocycles. The first-order valence-electron chi connectivity index (χ1n) is 9.33. The van der Waals surface area contributed by atoms with Gasteiger partial charge in [0.15, 0.2) is 5.82 Å². The van der Waals surface area contributed by atoms with E-state index in [1.54, 1.807) is 29.9 Å². The van der Waals surface area contributed by atoms with E-state index in [1.807, 2.05) is 12.1 Å². The summed E-state index contributed by atoms with van der Waals surface area (Å²) in [6.45, 7) is 5.25. The van der Waals surface area contributed by atoms with Crippen LogP contribution in [0.4, 0.5) is 11.5 Å². The number of nitrogens with zero attached hydrogens (tertiary/aromatic N) is 2.